The highest BCUT2D eigenvalue weighted by Crippen LogP contribution is 2.12. The van der Waals surface area contributed by atoms with Crippen molar-refractivity contribution in [2.75, 3.05) is 12.3 Å². The van der Waals surface area contributed by atoms with Crippen molar-refractivity contribution >= 4 is 5.69 Å². The Morgan fingerprint density at radius 2 is 2.00 bits per heavy atom. The average Bonchev–Trinajstić information content (AvgIpc) is 2.11. The number of nitrogens with two attached hydrogens (primary N) is 1. The predicted octanol–water partition coefficient (Wildman–Crippen LogP) is 0.0437. The molecule has 2 N–H and O–H groups in total. The summed E-state index contributed by atoms with van der Waals surface area (Å²) in [5.41, 5.74) is 3.97. The Balaban J connectivity index is 2.55. The van der Waals surface area contributed by atoms with E-state index in [1.165, 1.54) is 0 Å². The van der Waals surface area contributed by atoms with Crippen molar-refractivity contribution in [3.63, 3.8) is 0 Å². The maximum absolute atomic E-state index is 10.8. The van der Waals surface area contributed by atoms with Gasteiger partial charge in [-0.05, 0) is 6.42 Å². The molecule has 0 amide bonds. The molecule has 4 heteroatoms. The van der Waals surface area contributed by atoms with Gasteiger partial charge in [0.15, 0.2) is 5.75 Å². The van der Waals surface area contributed by atoms with E-state index in [0.29, 0.717) is 6.61 Å². The lowest BCUT2D eigenvalue weighted by molar-refractivity contribution is 0.305. The molecule has 0 bridgehead atoms. The van der Waals surface area contributed by atoms with E-state index in [4.69, 9.17) is 10.5 Å². The van der Waals surface area contributed by atoms with Crippen LogP contribution in [0, 0.1) is 0 Å². The van der Waals surface area contributed by atoms with Gasteiger partial charge in [-0.1, -0.05) is 13.3 Å². The average molecular weight is 169 g/mol. The van der Waals surface area contributed by atoms with Crippen molar-refractivity contribution in [1.82, 2.24) is 0 Å². The maximum atomic E-state index is 10.8. The summed E-state index contributed by atoms with van der Waals surface area (Å²) in [6.07, 6.45) is 1.84. The molecule has 0 saturated heterocycles. The second-order valence-corrected chi connectivity index (χ2v) is 2.60. The van der Waals surface area contributed by atoms with Crippen LogP contribution in [0.4, 0.5) is 5.69 Å². The summed E-state index contributed by atoms with van der Waals surface area (Å²) in [7, 11) is 0. The molecule has 1 aromatic carbocycles. The summed E-state index contributed by atoms with van der Waals surface area (Å²) >= 11 is 0. The van der Waals surface area contributed by atoms with E-state index in [2.05, 4.69) is 0 Å². The van der Waals surface area contributed by atoms with Crippen LogP contribution < -0.4 is 21.3 Å². The molecule has 0 spiro atoms. The van der Waals surface area contributed by atoms with E-state index in [-0.39, 0.29) is 11.4 Å². The van der Waals surface area contributed by atoms with Gasteiger partial charge in [0.05, 0.1) is 6.61 Å². The summed E-state index contributed by atoms with van der Waals surface area (Å²) in [5, 5.41) is 0. The van der Waals surface area contributed by atoms with Crippen molar-refractivity contribution in [2.24, 2.45) is 0 Å². The van der Waals surface area contributed by atoms with Crippen LogP contribution >= 0.6 is 0 Å². The molecule has 1 aromatic rings. The first-order valence-corrected chi connectivity index (χ1v) is 3.90. The Morgan fingerprint density at radius 1 is 1.33 bits per heavy atom. The van der Waals surface area contributed by atoms with Crippen LogP contribution in [0.1, 0.15) is 19.8 Å². The molecule has 0 radical (unpaired) electrons. The Bertz CT molecular complexity index is 336. The fourth-order valence-corrected chi connectivity index (χ4v) is 0.850. The molecule has 1 rings (SSSR count). The van der Waals surface area contributed by atoms with E-state index < -0.39 is 10.9 Å². The van der Waals surface area contributed by atoms with Gasteiger partial charge < -0.3 is 10.5 Å². The Morgan fingerprint density at radius 3 is 2.50 bits per heavy atom. The summed E-state index contributed by atoms with van der Waals surface area (Å²) < 4.78 is 5.00. The van der Waals surface area contributed by atoms with Gasteiger partial charge >= 0.3 is 0 Å². The van der Waals surface area contributed by atoms with Gasteiger partial charge in [-0.15, -0.1) is 0 Å². The van der Waals surface area contributed by atoms with Crippen LogP contribution in [0.25, 0.3) is 0 Å². The second-order valence-electron chi connectivity index (χ2n) is 2.60. The van der Waals surface area contributed by atoms with Crippen LogP contribution in [0.5, 0.6) is 5.75 Å². The zero-order chi connectivity index (χ0) is 9.14. The molecule has 4 nitrogen and oxygen atoms in total. The molecule has 0 aliphatic heterocycles. The minimum Gasteiger partial charge on any atom is -0.487 e. The van der Waals surface area contributed by atoms with Crippen LogP contribution in [0.2, 0.25) is 0 Å². The standard InChI is InChI=1S/C8H11NO3/c1-2-3-4-12-8-5(9)6(10)7(8)11/h2-4,9H2,1H3. The van der Waals surface area contributed by atoms with Gasteiger partial charge in [-0.25, -0.2) is 0 Å². The van der Waals surface area contributed by atoms with E-state index in [1.807, 2.05) is 6.92 Å². The monoisotopic (exact) mass is 169 g/mol. The molecule has 0 aliphatic carbocycles. The first-order chi connectivity index (χ1) is 5.68. The molecular weight excluding hydrogens is 158 g/mol. The van der Waals surface area contributed by atoms with Crippen molar-refractivity contribution in [1.29, 1.82) is 0 Å². The number of ether oxygens (including phenoxy) is 1. The van der Waals surface area contributed by atoms with Crippen LogP contribution in [-0.4, -0.2) is 6.61 Å². The lowest BCUT2D eigenvalue weighted by atomic mass is 10.2. The molecule has 66 valence electrons. The highest BCUT2D eigenvalue weighted by Gasteiger charge is 2.18. The van der Waals surface area contributed by atoms with Gasteiger partial charge in [0.25, 0.3) is 10.9 Å². The Kier molecular flexibility index (Phi) is 2.47. The smallest absolute Gasteiger partial charge is 0.271 e. The third-order valence-electron chi connectivity index (χ3n) is 1.65. The van der Waals surface area contributed by atoms with Gasteiger partial charge in [0.1, 0.15) is 5.69 Å². The third-order valence-corrected chi connectivity index (χ3v) is 1.65. The zero-order valence-electron chi connectivity index (χ0n) is 6.92. The van der Waals surface area contributed by atoms with E-state index in [9.17, 15) is 9.59 Å². The third kappa shape index (κ3) is 1.32. The Hall–Kier alpha value is -1.32. The van der Waals surface area contributed by atoms with Gasteiger partial charge in [-0.2, -0.15) is 0 Å². The number of hydrogen-bond donors (Lipinski definition) is 1. The molecule has 0 saturated carbocycles. The summed E-state index contributed by atoms with van der Waals surface area (Å²) in [6, 6.07) is 0. The van der Waals surface area contributed by atoms with E-state index in [1.54, 1.807) is 0 Å². The summed E-state index contributed by atoms with van der Waals surface area (Å²) in [5.74, 6) is 0.0495. The van der Waals surface area contributed by atoms with Gasteiger partial charge in [0, 0.05) is 0 Å². The SMILES string of the molecule is CCCCOc1c(N)c(=O)c1=O. The maximum Gasteiger partial charge on any atom is 0.271 e. The number of unbranched alkanes of at least 4 members (excludes halogenated alkanes) is 1. The van der Waals surface area contributed by atoms with Crippen LogP contribution in [0.3, 0.4) is 0 Å². The molecule has 0 atom stereocenters. The Labute approximate surface area is 69.6 Å². The minimum absolute atomic E-state index is 0.0314. The normalized spacial score (nSPS) is 10.4. The van der Waals surface area contributed by atoms with Crippen molar-refractivity contribution in [2.45, 2.75) is 19.8 Å². The number of nitrogen functional groups attached to an aromatic ring is 1. The topological polar surface area (TPSA) is 69.4 Å². The fourth-order valence-electron chi connectivity index (χ4n) is 0.850. The highest BCUT2D eigenvalue weighted by molar-refractivity contribution is 5.57. The predicted molar refractivity (Wildman–Crippen MR) is 46.2 cm³/mol. The van der Waals surface area contributed by atoms with E-state index >= 15 is 0 Å². The van der Waals surface area contributed by atoms with Gasteiger partial charge in [-0.3, -0.25) is 9.59 Å². The summed E-state index contributed by atoms with van der Waals surface area (Å²) in [4.78, 5) is 21.3. The van der Waals surface area contributed by atoms with Crippen LogP contribution in [0.15, 0.2) is 9.59 Å². The first kappa shape index (κ1) is 8.77. The van der Waals surface area contributed by atoms with Crippen molar-refractivity contribution in [3.8, 4) is 5.75 Å². The number of hydrogen-bond acceptors (Lipinski definition) is 4. The quantitative estimate of drug-likeness (QED) is 0.510. The van der Waals surface area contributed by atoms with Gasteiger partial charge in [0.2, 0.25) is 0 Å². The first-order valence-electron chi connectivity index (χ1n) is 3.90. The zero-order valence-corrected chi connectivity index (χ0v) is 6.92. The summed E-state index contributed by atoms with van der Waals surface area (Å²) in [6.45, 7) is 2.46. The largest absolute Gasteiger partial charge is 0.487 e. The number of anilines is 1. The fraction of sp³-hybridized carbons (Fsp3) is 0.500. The lowest BCUT2D eigenvalue weighted by Crippen LogP contribution is -2.35. The molecule has 0 heterocycles. The molecule has 0 fully saturated rings. The second kappa shape index (κ2) is 3.38. The minimum atomic E-state index is -0.624. The van der Waals surface area contributed by atoms with Crippen molar-refractivity contribution in [3.05, 3.63) is 20.4 Å². The molecule has 0 aromatic heterocycles. The van der Waals surface area contributed by atoms with E-state index in [0.717, 1.165) is 12.8 Å². The molecule has 0 unspecified atom stereocenters. The highest BCUT2D eigenvalue weighted by atomic mass is 16.5. The lowest BCUT2D eigenvalue weighted by Gasteiger charge is -2.07. The van der Waals surface area contributed by atoms with Crippen LogP contribution in [-0.2, 0) is 0 Å². The number of rotatable bonds is 4. The molecule has 12 heavy (non-hydrogen) atoms. The van der Waals surface area contributed by atoms with Crippen molar-refractivity contribution < 1.29 is 4.74 Å². The molecular formula is C8H11NO3. The molecule has 0 aliphatic rings.